The van der Waals surface area contributed by atoms with Crippen molar-refractivity contribution in [2.24, 2.45) is 0 Å². The van der Waals surface area contributed by atoms with E-state index in [1.807, 2.05) is 22.8 Å². The molecule has 3 aromatic rings. The summed E-state index contributed by atoms with van der Waals surface area (Å²) < 4.78 is 7.25. The Labute approximate surface area is 137 Å². The van der Waals surface area contributed by atoms with Crippen LogP contribution in [0.2, 0.25) is 10.0 Å². The number of fused-ring (bicyclic) bond motifs is 1. The van der Waals surface area contributed by atoms with Crippen molar-refractivity contribution in [1.82, 2.24) is 9.55 Å². The van der Waals surface area contributed by atoms with Crippen LogP contribution in [0.15, 0.2) is 36.4 Å². The molecule has 0 aliphatic rings. The first-order valence-corrected chi connectivity index (χ1v) is 7.50. The van der Waals surface area contributed by atoms with E-state index in [1.165, 1.54) is 0 Å². The minimum Gasteiger partial charge on any atom is -0.494 e. The molecule has 3 rings (SSSR count). The van der Waals surface area contributed by atoms with E-state index in [-0.39, 0.29) is 5.88 Å². The third-order valence-electron chi connectivity index (χ3n) is 3.21. The van der Waals surface area contributed by atoms with Gasteiger partial charge in [0.1, 0.15) is 17.1 Å². The predicted molar refractivity (Wildman–Crippen MR) is 87.2 cm³/mol. The van der Waals surface area contributed by atoms with Crippen LogP contribution < -0.4 is 4.74 Å². The van der Waals surface area contributed by atoms with Crippen molar-refractivity contribution in [3.8, 4) is 11.4 Å². The predicted octanol–water partition coefficient (Wildman–Crippen LogP) is 5.08. The molecule has 0 N–H and O–H groups in total. The largest absolute Gasteiger partial charge is 0.494 e. The average Bonchev–Trinajstić information content (AvgIpc) is 2.88. The summed E-state index contributed by atoms with van der Waals surface area (Å²) >= 11 is 18.4. The number of alkyl halides is 1. The number of methoxy groups -OCH3 is 1. The fourth-order valence-corrected chi connectivity index (χ4v) is 2.85. The molecular weight excluding hydrogens is 331 g/mol. The van der Waals surface area contributed by atoms with Gasteiger partial charge in [0, 0.05) is 5.02 Å². The Kier molecular flexibility index (Phi) is 3.98. The summed E-state index contributed by atoms with van der Waals surface area (Å²) in [6.07, 6.45) is 0. The number of nitrogens with zero attached hydrogens (tertiary/aromatic N) is 2. The summed E-state index contributed by atoms with van der Waals surface area (Å²) in [5, 5.41) is 1.17. The number of hydrogen-bond donors (Lipinski definition) is 0. The second kappa shape index (κ2) is 5.76. The monoisotopic (exact) mass is 340 g/mol. The fraction of sp³-hybridized carbons (Fsp3) is 0.133. The first kappa shape index (κ1) is 14.5. The van der Waals surface area contributed by atoms with E-state index < -0.39 is 0 Å². The van der Waals surface area contributed by atoms with Crippen LogP contribution in [0.25, 0.3) is 16.7 Å². The third-order valence-corrected chi connectivity index (χ3v) is 4.00. The van der Waals surface area contributed by atoms with Crippen LogP contribution in [0.4, 0.5) is 0 Å². The Hall–Kier alpha value is -1.42. The second-order valence-corrected chi connectivity index (χ2v) is 5.53. The SMILES string of the molecule is COc1cccc2c1nc(CCl)n2-c1cc(Cl)ccc1Cl. The summed E-state index contributed by atoms with van der Waals surface area (Å²) in [5.41, 5.74) is 2.36. The lowest BCUT2D eigenvalue weighted by Crippen LogP contribution is -2.00. The van der Waals surface area contributed by atoms with Gasteiger partial charge in [0.25, 0.3) is 0 Å². The Balaban J connectivity index is 2.38. The highest BCUT2D eigenvalue weighted by molar-refractivity contribution is 6.34. The Bertz CT molecular complexity index is 814. The highest BCUT2D eigenvalue weighted by Gasteiger charge is 2.16. The average molecular weight is 342 g/mol. The van der Waals surface area contributed by atoms with Crippen LogP contribution in [0.3, 0.4) is 0 Å². The lowest BCUT2D eigenvalue weighted by molar-refractivity contribution is 0.419. The van der Waals surface area contributed by atoms with Gasteiger partial charge in [-0.15, -0.1) is 11.6 Å². The number of aromatic nitrogens is 2. The van der Waals surface area contributed by atoms with Crippen molar-refractivity contribution in [3.63, 3.8) is 0 Å². The van der Waals surface area contributed by atoms with Crippen LogP contribution in [0, 0.1) is 0 Å². The minimum absolute atomic E-state index is 0.251. The Morgan fingerprint density at radius 2 is 2.00 bits per heavy atom. The van der Waals surface area contributed by atoms with Gasteiger partial charge in [-0.1, -0.05) is 29.3 Å². The number of halogens is 3. The molecule has 0 spiro atoms. The second-order valence-electron chi connectivity index (χ2n) is 4.42. The van der Waals surface area contributed by atoms with Gasteiger partial charge in [-0.2, -0.15) is 0 Å². The van der Waals surface area contributed by atoms with Crippen LogP contribution in [-0.2, 0) is 5.88 Å². The zero-order chi connectivity index (χ0) is 15.0. The lowest BCUT2D eigenvalue weighted by Gasteiger charge is -2.10. The third kappa shape index (κ3) is 2.46. The molecule has 0 bridgehead atoms. The number of imidazole rings is 1. The molecule has 108 valence electrons. The molecule has 0 fully saturated rings. The van der Waals surface area contributed by atoms with Gasteiger partial charge >= 0.3 is 0 Å². The molecule has 0 unspecified atom stereocenters. The molecule has 1 heterocycles. The van der Waals surface area contributed by atoms with Gasteiger partial charge in [-0.25, -0.2) is 4.98 Å². The van der Waals surface area contributed by atoms with Gasteiger partial charge < -0.3 is 4.74 Å². The highest BCUT2D eigenvalue weighted by atomic mass is 35.5. The number of rotatable bonds is 3. The van der Waals surface area contributed by atoms with E-state index >= 15 is 0 Å². The van der Waals surface area contributed by atoms with Crippen molar-refractivity contribution in [2.45, 2.75) is 5.88 Å². The molecule has 1 aromatic heterocycles. The summed E-state index contributed by atoms with van der Waals surface area (Å²) in [5.74, 6) is 1.62. The first-order valence-electron chi connectivity index (χ1n) is 6.21. The van der Waals surface area contributed by atoms with Crippen molar-refractivity contribution in [3.05, 3.63) is 52.3 Å². The van der Waals surface area contributed by atoms with E-state index in [0.29, 0.717) is 21.6 Å². The summed E-state index contributed by atoms with van der Waals surface area (Å²) in [4.78, 5) is 4.55. The van der Waals surface area contributed by atoms with Crippen molar-refractivity contribution in [2.75, 3.05) is 7.11 Å². The Morgan fingerprint density at radius 3 is 2.71 bits per heavy atom. The molecule has 6 heteroatoms. The maximum atomic E-state index is 6.31. The van der Waals surface area contributed by atoms with Gasteiger partial charge in [0.15, 0.2) is 0 Å². The number of hydrogen-bond acceptors (Lipinski definition) is 2. The van der Waals surface area contributed by atoms with E-state index in [4.69, 9.17) is 39.5 Å². The summed E-state index contributed by atoms with van der Waals surface area (Å²) in [6, 6.07) is 11.0. The van der Waals surface area contributed by atoms with Gasteiger partial charge in [-0.3, -0.25) is 4.57 Å². The fourth-order valence-electron chi connectivity index (χ4n) is 2.30. The van der Waals surface area contributed by atoms with Gasteiger partial charge in [0.05, 0.1) is 29.2 Å². The zero-order valence-corrected chi connectivity index (χ0v) is 13.4. The van der Waals surface area contributed by atoms with Crippen LogP contribution in [0.1, 0.15) is 5.82 Å². The molecule has 0 saturated carbocycles. The summed E-state index contributed by atoms with van der Waals surface area (Å²) in [6.45, 7) is 0. The number of para-hydroxylation sites is 1. The first-order chi connectivity index (χ1) is 10.2. The minimum atomic E-state index is 0.251. The molecular formula is C15H11Cl3N2O. The number of benzene rings is 2. The van der Waals surface area contributed by atoms with Crippen LogP contribution in [0.5, 0.6) is 5.75 Å². The molecule has 21 heavy (non-hydrogen) atoms. The van der Waals surface area contributed by atoms with E-state index in [0.717, 1.165) is 16.7 Å². The maximum Gasteiger partial charge on any atom is 0.146 e. The standard InChI is InChI=1S/C15H11Cl3N2O/c1-21-13-4-2-3-11-15(13)19-14(8-16)20(11)12-7-9(17)5-6-10(12)18/h2-7H,8H2,1H3. The molecule has 0 aliphatic carbocycles. The molecule has 0 amide bonds. The lowest BCUT2D eigenvalue weighted by atomic mass is 10.2. The van der Waals surface area contributed by atoms with E-state index in [1.54, 1.807) is 25.3 Å². The van der Waals surface area contributed by atoms with Crippen LogP contribution in [-0.4, -0.2) is 16.7 Å². The molecule has 0 aliphatic heterocycles. The van der Waals surface area contributed by atoms with E-state index in [9.17, 15) is 0 Å². The van der Waals surface area contributed by atoms with Crippen molar-refractivity contribution in [1.29, 1.82) is 0 Å². The molecule has 2 aromatic carbocycles. The topological polar surface area (TPSA) is 27.1 Å². The zero-order valence-electron chi connectivity index (χ0n) is 11.1. The smallest absolute Gasteiger partial charge is 0.146 e. The molecule has 3 nitrogen and oxygen atoms in total. The summed E-state index contributed by atoms with van der Waals surface area (Å²) in [7, 11) is 1.61. The van der Waals surface area contributed by atoms with Gasteiger partial charge in [-0.05, 0) is 30.3 Å². The van der Waals surface area contributed by atoms with Crippen LogP contribution >= 0.6 is 34.8 Å². The molecule has 0 radical (unpaired) electrons. The maximum absolute atomic E-state index is 6.31. The van der Waals surface area contributed by atoms with Gasteiger partial charge in [0.2, 0.25) is 0 Å². The van der Waals surface area contributed by atoms with Crippen molar-refractivity contribution >= 4 is 45.8 Å². The quantitative estimate of drug-likeness (QED) is 0.621. The van der Waals surface area contributed by atoms with Crippen molar-refractivity contribution < 1.29 is 4.74 Å². The molecule has 0 atom stereocenters. The molecule has 0 saturated heterocycles. The highest BCUT2D eigenvalue weighted by Crippen LogP contribution is 2.32. The number of ether oxygens (including phenoxy) is 1. The normalized spacial score (nSPS) is 11.0. The Morgan fingerprint density at radius 1 is 1.19 bits per heavy atom. The van der Waals surface area contributed by atoms with E-state index in [2.05, 4.69) is 4.98 Å².